The highest BCUT2D eigenvalue weighted by atomic mass is 19.1. The van der Waals surface area contributed by atoms with Crippen LogP contribution in [-0.4, -0.2) is 44.7 Å². The van der Waals surface area contributed by atoms with E-state index >= 15 is 0 Å². The first kappa shape index (κ1) is 19.4. The number of nitrogens with zero attached hydrogens (tertiary/aromatic N) is 3. The molecule has 2 heterocycles. The van der Waals surface area contributed by atoms with Crippen LogP contribution in [0.1, 0.15) is 5.56 Å². The Morgan fingerprint density at radius 3 is 2.69 bits per heavy atom. The number of anilines is 2. The Kier molecular flexibility index (Phi) is 7.15. The van der Waals surface area contributed by atoms with Gasteiger partial charge >= 0.3 is 0 Å². The number of nitrogens with two attached hydrogens (primary N) is 1. The maximum absolute atomic E-state index is 13.9. The lowest BCUT2D eigenvalue weighted by Gasteiger charge is -2.10. The molecule has 5 N–H and O–H groups in total. The van der Waals surface area contributed by atoms with Gasteiger partial charge in [-0.15, -0.1) is 10.2 Å². The lowest BCUT2D eigenvalue weighted by Crippen LogP contribution is -2.22. The Hall–Kier alpha value is -2.88. The lowest BCUT2D eigenvalue weighted by molar-refractivity contribution is 0.102. The predicted molar refractivity (Wildman–Crippen MR) is 94.1 cm³/mol. The van der Waals surface area contributed by atoms with Crippen LogP contribution in [0.3, 0.4) is 0 Å². The molecule has 1 unspecified atom stereocenters. The summed E-state index contributed by atoms with van der Waals surface area (Å²) in [6, 6.07) is 6.69. The number of nitrogens with one attached hydrogen (secondary N) is 1. The molecule has 8 nitrogen and oxygen atoms in total. The van der Waals surface area contributed by atoms with E-state index < -0.39 is 6.10 Å². The van der Waals surface area contributed by atoms with Gasteiger partial charge < -0.3 is 25.7 Å². The molecule has 0 bridgehead atoms. The van der Waals surface area contributed by atoms with Crippen molar-refractivity contribution >= 4 is 11.4 Å². The van der Waals surface area contributed by atoms with Crippen LogP contribution in [-0.2, 0) is 0 Å². The zero-order chi connectivity index (χ0) is 18.9. The molecular weight excluding hydrogens is 341 g/mol. The Bertz CT molecular complexity index is 810. The van der Waals surface area contributed by atoms with Gasteiger partial charge in [0.05, 0.1) is 35.8 Å². The zero-order valence-corrected chi connectivity index (χ0v) is 14.1. The Morgan fingerprint density at radius 1 is 1.31 bits per heavy atom. The average Bonchev–Trinajstić information content (AvgIpc) is 3.19. The Balaban J connectivity index is 0.000000352. The summed E-state index contributed by atoms with van der Waals surface area (Å²) < 4.78 is 19.0. The quantitative estimate of drug-likeness (QED) is 0.539. The van der Waals surface area contributed by atoms with Gasteiger partial charge in [0.1, 0.15) is 5.82 Å². The smallest absolute Gasteiger partial charge is 0.249 e. The molecule has 0 aliphatic rings. The first-order valence-corrected chi connectivity index (χ1v) is 7.77. The maximum Gasteiger partial charge on any atom is 0.249 e. The fourth-order valence-electron chi connectivity index (χ4n) is 1.91. The predicted octanol–water partition coefficient (Wildman–Crippen LogP) is 1.62. The first-order chi connectivity index (χ1) is 12.5. The van der Waals surface area contributed by atoms with Crippen molar-refractivity contribution in [3.63, 3.8) is 0 Å². The molecule has 0 aliphatic heterocycles. The van der Waals surface area contributed by atoms with Crippen LogP contribution in [0.5, 0.6) is 0 Å². The van der Waals surface area contributed by atoms with Crippen LogP contribution in [0.25, 0.3) is 11.5 Å². The van der Waals surface area contributed by atoms with Gasteiger partial charge in [-0.1, -0.05) is 6.07 Å². The standard InChI is InChI=1S/C14H11FN4O.C3H9NO2/c1-9-2-3-12(11(15)6-9)18-13-7-16-5-4-10(13)14-19-17-8-20-14;4-1-3(6)2-5/h2-8,18H,1H3;3,5-6H,1-2,4H2. The number of pyridine rings is 1. The molecule has 1 aromatic carbocycles. The second-order valence-corrected chi connectivity index (χ2v) is 5.35. The molecule has 0 saturated heterocycles. The molecule has 0 amide bonds. The van der Waals surface area contributed by atoms with Gasteiger partial charge in [-0.05, 0) is 30.7 Å². The van der Waals surface area contributed by atoms with E-state index in [2.05, 4.69) is 20.5 Å². The average molecular weight is 361 g/mol. The van der Waals surface area contributed by atoms with Gasteiger partial charge in [0.2, 0.25) is 12.3 Å². The van der Waals surface area contributed by atoms with Crippen molar-refractivity contribution in [1.82, 2.24) is 15.2 Å². The summed E-state index contributed by atoms with van der Waals surface area (Å²) in [7, 11) is 0. The molecule has 9 heteroatoms. The molecule has 3 rings (SSSR count). The number of rotatable bonds is 5. The van der Waals surface area contributed by atoms with Gasteiger partial charge in [0, 0.05) is 12.7 Å². The topological polar surface area (TPSA) is 130 Å². The van der Waals surface area contributed by atoms with Crippen molar-refractivity contribution < 1.29 is 19.0 Å². The summed E-state index contributed by atoms with van der Waals surface area (Å²) in [5, 5.41) is 26.8. The lowest BCUT2D eigenvalue weighted by atomic mass is 10.2. The number of hydrogen-bond donors (Lipinski definition) is 4. The Morgan fingerprint density at radius 2 is 2.12 bits per heavy atom. The van der Waals surface area contributed by atoms with Crippen LogP contribution >= 0.6 is 0 Å². The summed E-state index contributed by atoms with van der Waals surface area (Å²) in [5.41, 5.74) is 7.36. The van der Waals surface area contributed by atoms with Crippen molar-refractivity contribution in [3.05, 3.63) is 54.4 Å². The number of aliphatic hydroxyl groups is 2. The van der Waals surface area contributed by atoms with Crippen LogP contribution < -0.4 is 11.1 Å². The molecule has 0 aliphatic carbocycles. The molecule has 3 aromatic rings. The SMILES string of the molecule is Cc1ccc(Nc2cnccc2-c2nnco2)c(F)c1.NCC(O)CO. The van der Waals surface area contributed by atoms with Crippen LogP contribution in [0.2, 0.25) is 0 Å². The molecule has 0 saturated carbocycles. The summed E-state index contributed by atoms with van der Waals surface area (Å²) in [6.07, 6.45) is 3.70. The van der Waals surface area contributed by atoms with E-state index in [1.807, 2.05) is 13.0 Å². The Labute approximate surface area is 149 Å². The summed E-state index contributed by atoms with van der Waals surface area (Å²) >= 11 is 0. The van der Waals surface area contributed by atoms with E-state index in [1.54, 1.807) is 24.5 Å². The van der Waals surface area contributed by atoms with Crippen molar-refractivity contribution in [3.8, 4) is 11.5 Å². The fourth-order valence-corrected chi connectivity index (χ4v) is 1.91. The van der Waals surface area contributed by atoms with E-state index in [-0.39, 0.29) is 19.0 Å². The van der Waals surface area contributed by atoms with Crippen LogP contribution in [0.15, 0.2) is 47.5 Å². The minimum Gasteiger partial charge on any atom is -0.423 e. The van der Waals surface area contributed by atoms with Crippen LogP contribution in [0, 0.1) is 12.7 Å². The normalized spacial score (nSPS) is 11.4. The third kappa shape index (κ3) is 5.31. The summed E-state index contributed by atoms with van der Waals surface area (Å²) in [6.45, 7) is 1.73. The third-order valence-electron chi connectivity index (χ3n) is 3.29. The highest BCUT2D eigenvalue weighted by Gasteiger charge is 2.11. The minimum absolute atomic E-state index is 0.135. The summed E-state index contributed by atoms with van der Waals surface area (Å²) in [4.78, 5) is 4.02. The second-order valence-electron chi connectivity index (χ2n) is 5.35. The number of hydrogen-bond acceptors (Lipinski definition) is 8. The molecule has 1 atom stereocenters. The van der Waals surface area contributed by atoms with E-state index in [9.17, 15) is 4.39 Å². The van der Waals surface area contributed by atoms with E-state index in [0.717, 1.165) is 5.56 Å². The van der Waals surface area contributed by atoms with Crippen molar-refractivity contribution in [2.75, 3.05) is 18.5 Å². The zero-order valence-electron chi connectivity index (χ0n) is 14.1. The number of aliphatic hydroxyl groups excluding tert-OH is 2. The van der Waals surface area contributed by atoms with Gasteiger partial charge in [0.25, 0.3) is 0 Å². The molecule has 0 radical (unpaired) electrons. The van der Waals surface area contributed by atoms with Crippen molar-refractivity contribution in [1.29, 1.82) is 0 Å². The molecule has 0 fully saturated rings. The fraction of sp³-hybridized carbons (Fsp3) is 0.235. The van der Waals surface area contributed by atoms with Crippen LogP contribution in [0.4, 0.5) is 15.8 Å². The largest absolute Gasteiger partial charge is 0.423 e. The number of halogens is 1. The molecule has 0 spiro atoms. The second kappa shape index (κ2) is 9.56. The highest BCUT2D eigenvalue weighted by molar-refractivity contribution is 5.75. The van der Waals surface area contributed by atoms with Gasteiger partial charge in [0.15, 0.2) is 0 Å². The van der Waals surface area contributed by atoms with Gasteiger partial charge in [-0.25, -0.2) is 4.39 Å². The molecular formula is C17H20FN5O3. The molecule has 26 heavy (non-hydrogen) atoms. The first-order valence-electron chi connectivity index (χ1n) is 7.77. The van der Waals surface area contributed by atoms with Crippen molar-refractivity contribution in [2.24, 2.45) is 5.73 Å². The number of aromatic nitrogens is 3. The highest BCUT2D eigenvalue weighted by Crippen LogP contribution is 2.29. The van der Waals surface area contributed by atoms with Gasteiger partial charge in [-0.2, -0.15) is 0 Å². The van der Waals surface area contributed by atoms with E-state index in [1.165, 1.54) is 12.5 Å². The molecule has 2 aromatic heterocycles. The maximum atomic E-state index is 13.9. The minimum atomic E-state index is -0.731. The number of aryl methyl sites for hydroxylation is 1. The van der Waals surface area contributed by atoms with E-state index in [4.69, 9.17) is 20.4 Å². The van der Waals surface area contributed by atoms with Crippen molar-refractivity contribution in [2.45, 2.75) is 13.0 Å². The summed E-state index contributed by atoms with van der Waals surface area (Å²) in [5.74, 6) is 0.0211. The van der Waals surface area contributed by atoms with E-state index in [0.29, 0.717) is 22.8 Å². The molecule has 138 valence electrons. The van der Waals surface area contributed by atoms with Gasteiger partial charge in [-0.3, -0.25) is 4.98 Å². The number of benzene rings is 1. The monoisotopic (exact) mass is 361 g/mol. The third-order valence-corrected chi connectivity index (χ3v) is 3.29.